The summed E-state index contributed by atoms with van der Waals surface area (Å²) in [6.45, 7) is 6.49. The molecule has 8 heteroatoms. The second-order valence-electron chi connectivity index (χ2n) is 8.90. The fraction of sp³-hybridized carbons (Fsp3) is 0.219. The summed E-state index contributed by atoms with van der Waals surface area (Å²) in [6.07, 6.45) is 1.62. The number of rotatable bonds is 12. The average molecular weight is 541 g/mol. The highest BCUT2D eigenvalue weighted by Crippen LogP contribution is 2.29. The Kier molecular flexibility index (Phi) is 9.72. The van der Waals surface area contributed by atoms with E-state index >= 15 is 0 Å². The van der Waals surface area contributed by atoms with E-state index in [1.165, 1.54) is 6.21 Å². The number of hydrazone groups is 1. The van der Waals surface area contributed by atoms with E-state index in [1.54, 1.807) is 49.4 Å². The van der Waals surface area contributed by atoms with Crippen molar-refractivity contribution in [3.63, 3.8) is 0 Å². The fourth-order valence-electron chi connectivity index (χ4n) is 3.78. The topological polar surface area (TPSA) is 95.5 Å². The second kappa shape index (κ2) is 13.8. The van der Waals surface area contributed by atoms with Gasteiger partial charge >= 0.3 is 5.97 Å². The highest BCUT2D eigenvalue weighted by molar-refractivity contribution is 5.92. The van der Waals surface area contributed by atoms with Crippen LogP contribution in [-0.2, 0) is 4.79 Å². The lowest BCUT2D eigenvalue weighted by atomic mass is 10.1. The predicted molar refractivity (Wildman–Crippen MR) is 155 cm³/mol. The standard InChI is InChI=1S/C32H32N2O6/c1-4-18-38-27-14-12-25(13-15-27)32(36)40-29-17-10-23(19-30(29)37-5-2)21-33-34-31(35)22(3)39-28-16-11-24-8-6-7-9-26(24)20-28/h6-17,19-22H,4-5,18H2,1-3H3,(H,34,35)/b33-21+. The van der Waals surface area contributed by atoms with Crippen molar-refractivity contribution in [3.05, 3.63) is 96.1 Å². The lowest BCUT2D eigenvalue weighted by molar-refractivity contribution is -0.127. The third-order valence-corrected chi connectivity index (χ3v) is 5.82. The molecule has 0 bridgehead atoms. The summed E-state index contributed by atoms with van der Waals surface area (Å²) in [7, 11) is 0. The van der Waals surface area contributed by atoms with Gasteiger partial charge in [0, 0.05) is 0 Å². The molecule has 40 heavy (non-hydrogen) atoms. The van der Waals surface area contributed by atoms with Crippen LogP contribution in [0.4, 0.5) is 0 Å². The number of fused-ring (bicyclic) bond motifs is 1. The van der Waals surface area contributed by atoms with Crippen LogP contribution in [0.3, 0.4) is 0 Å². The molecular formula is C32H32N2O6. The van der Waals surface area contributed by atoms with Crippen molar-refractivity contribution in [2.45, 2.75) is 33.3 Å². The Labute approximate surface area is 233 Å². The normalized spacial score (nSPS) is 11.7. The zero-order valence-electron chi connectivity index (χ0n) is 22.8. The number of nitrogens with zero attached hydrogens (tertiary/aromatic N) is 1. The van der Waals surface area contributed by atoms with Crippen molar-refractivity contribution in [1.82, 2.24) is 5.43 Å². The molecule has 1 amide bonds. The first-order valence-corrected chi connectivity index (χ1v) is 13.2. The van der Waals surface area contributed by atoms with Gasteiger partial charge in [-0.15, -0.1) is 0 Å². The molecule has 0 fully saturated rings. The molecule has 0 aromatic heterocycles. The molecule has 4 aromatic rings. The average Bonchev–Trinajstić information content (AvgIpc) is 2.97. The van der Waals surface area contributed by atoms with Crippen LogP contribution in [-0.4, -0.2) is 37.4 Å². The molecule has 0 aliphatic heterocycles. The van der Waals surface area contributed by atoms with Crippen molar-refractivity contribution in [3.8, 4) is 23.0 Å². The van der Waals surface area contributed by atoms with Crippen molar-refractivity contribution in [1.29, 1.82) is 0 Å². The van der Waals surface area contributed by atoms with Gasteiger partial charge in [0.25, 0.3) is 5.91 Å². The van der Waals surface area contributed by atoms with Crippen molar-refractivity contribution < 1.29 is 28.5 Å². The first-order chi connectivity index (χ1) is 19.5. The summed E-state index contributed by atoms with van der Waals surface area (Å²) in [4.78, 5) is 25.2. The molecule has 0 heterocycles. The van der Waals surface area contributed by atoms with Gasteiger partial charge in [-0.1, -0.05) is 37.3 Å². The molecular weight excluding hydrogens is 508 g/mol. The Bertz CT molecular complexity index is 1480. The van der Waals surface area contributed by atoms with E-state index in [9.17, 15) is 9.59 Å². The van der Waals surface area contributed by atoms with E-state index in [1.807, 2.05) is 56.3 Å². The molecule has 0 aliphatic carbocycles. The SMILES string of the molecule is CCCOc1ccc(C(=O)Oc2ccc(/C=N/NC(=O)C(C)Oc3ccc4ccccc4c3)cc2OCC)cc1. The Morgan fingerprint density at radius 2 is 1.60 bits per heavy atom. The summed E-state index contributed by atoms with van der Waals surface area (Å²) in [5.74, 6) is 1.03. The van der Waals surface area contributed by atoms with Crippen molar-refractivity contribution >= 4 is 28.9 Å². The Hall–Kier alpha value is -4.85. The van der Waals surface area contributed by atoms with Crippen LogP contribution < -0.4 is 24.4 Å². The van der Waals surface area contributed by atoms with Crippen LogP contribution in [0.25, 0.3) is 10.8 Å². The molecule has 0 spiro atoms. The van der Waals surface area contributed by atoms with Gasteiger partial charge in [0.1, 0.15) is 11.5 Å². The third kappa shape index (κ3) is 7.60. The molecule has 206 valence electrons. The summed E-state index contributed by atoms with van der Waals surface area (Å²) >= 11 is 0. The molecule has 1 atom stereocenters. The van der Waals surface area contributed by atoms with E-state index in [0.29, 0.717) is 41.6 Å². The maximum absolute atomic E-state index is 12.7. The number of carbonyl (C=O) groups is 2. The Morgan fingerprint density at radius 1 is 0.850 bits per heavy atom. The van der Waals surface area contributed by atoms with Gasteiger partial charge in [0.15, 0.2) is 17.6 Å². The monoisotopic (exact) mass is 540 g/mol. The number of nitrogens with one attached hydrogen (secondary N) is 1. The second-order valence-corrected chi connectivity index (χ2v) is 8.90. The minimum absolute atomic E-state index is 0.275. The van der Waals surface area contributed by atoms with Crippen molar-refractivity contribution in [2.24, 2.45) is 5.10 Å². The van der Waals surface area contributed by atoms with Gasteiger partial charge in [-0.2, -0.15) is 5.10 Å². The number of esters is 1. The molecule has 8 nitrogen and oxygen atoms in total. The fourth-order valence-corrected chi connectivity index (χ4v) is 3.78. The van der Waals surface area contributed by atoms with Gasteiger partial charge in [-0.3, -0.25) is 4.79 Å². The molecule has 0 saturated carbocycles. The smallest absolute Gasteiger partial charge is 0.343 e. The van der Waals surface area contributed by atoms with Gasteiger partial charge in [0.05, 0.1) is 25.0 Å². The Balaban J connectivity index is 1.35. The van der Waals surface area contributed by atoms with Gasteiger partial charge in [-0.25, -0.2) is 10.2 Å². The van der Waals surface area contributed by atoms with Gasteiger partial charge in [0.2, 0.25) is 0 Å². The number of carbonyl (C=O) groups excluding carboxylic acids is 2. The van der Waals surface area contributed by atoms with Crippen LogP contribution in [0, 0.1) is 0 Å². The zero-order chi connectivity index (χ0) is 28.3. The highest BCUT2D eigenvalue weighted by atomic mass is 16.6. The molecule has 4 aromatic carbocycles. The van der Waals surface area contributed by atoms with Gasteiger partial charge in [-0.05, 0) is 91.2 Å². The molecule has 4 rings (SSSR count). The Morgan fingerprint density at radius 3 is 2.35 bits per heavy atom. The number of ether oxygens (including phenoxy) is 4. The van der Waals surface area contributed by atoms with Crippen LogP contribution in [0.2, 0.25) is 0 Å². The number of hydrogen-bond donors (Lipinski definition) is 1. The first kappa shape index (κ1) is 28.2. The van der Waals surface area contributed by atoms with Crippen LogP contribution in [0.5, 0.6) is 23.0 Å². The number of amides is 1. The summed E-state index contributed by atoms with van der Waals surface area (Å²) in [5.41, 5.74) is 3.53. The predicted octanol–water partition coefficient (Wildman–Crippen LogP) is 6.16. The maximum Gasteiger partial charge on any atom is 0.343 e. The summed E-state index contributed by atoms with van der Waals surface area (Å²) < 4.78 is 22.6. The third-order valence-electron chi connectivity index (χ3n) is 5.82. The minimum atomic E-state index is -0.758. The molecule has 1 N–H and O–H groups in total. The zero-order valence-corrected chi connectivity index (χ0v) is 22.8. The first-order valence-electron chi connectivity index (χ1n) is 13.2. The largest absolute Gasteiger partial charge is 0.494 e. The number of hydrogen-bond acceptors (Lipinski definition) is 7. The van der Waals surface area contributed by atoms with Crippen molar-refractivity contribution in [2.75, 3.05) is 13.2 Å². The summed E-state index contributed by atoms with van der Waals surface area (Å²) in [5, 5.41) is 6.16. The van der Waals surface area contributed by atoms with E-state index in [2.05, 4.69) is 10.5 Å². The van der Waals surface area contributed by atoms with Crippen LogP contribution in [0.15, 0.2) is 90.0 Å². The minimum Gasteiger partial charge on any atom is -0.494 e. The van der Waals surface area contributed by atoms with Crippen LogP contribution >= 0.6 is 0 Å². The van der Waals surface area contributed by atoms with E-state index in [-0.39, 0.29) is 5.75 Å². The molecule has 0 aliphatic rings. The van der Waals surface area contributed by atoms with E-state index in [0.717, 1.165) is 17.2 Å². The lowest BCUT2D eigenvalue weighted by Gasteiger charge is -2.13. The molecule has 1 unspecified atom stereocenters. The lowest BCUT2D eigenvalue weighted by Crippen LogP contribution is -2.33. The quantitative estimate of drug-likeness (QED) is 0.100. The molecule has 0 radical (unpaired) electrons. The van der Waals surface area contributed by atoms with E-state index < -0.39 is 18.0 Å². The van der Waals surface area contributed by atoms with E-state index in [4.69, 9.17) is 18.9 Å². The maximum atomic E-state index is 12.7. The number of benzene rings is 4. The highest BCUT2D eigenvalue weighted by Gasteiger charge is 2.15. The van der Waals surface area contributed by atoms with Gasteiger partial charge < -0.3 is 18.9 Å². The molecule has 0 saturated heterocycles. The summed E-state index contributed by atoms with van der Waals surface area (Å²) in [6, 6.07) is 25.4. The van der Waals surface area contributed by atoms with Crippen LogP contribution in [0.1, 0.15) is 43.1 Å².